The average Bonchev–Trinajstić information content (AvgIpc) is 2.65. The zero-order valence-corrected chi connectivity index (χ0v) is 13.8. The summed E-state index contributed by atoms with van der Waals surface area (Å²) in [6, 6.07) is 13.5. The Labute approximate surface area is 145 Å². The molecule has 0 unspecified atom stereocenters. The number of carboxylic acid groups (broad SMARTS) is 1. The van der Waals surface area contributed by atoms with E-state index in [0.29, 0.717) is 31.5 Å². The van der Waals surface area contributed by atoms with Gasteiger partial charge in [0.05, 0.1) is 0 Å². The largest absolute Gasteiger partial charge is 0.480 e. The topological polar surface area (TPSA) is 86.7 Å². The van der Waals surface area contributed by atoms with Crippen LogP contribution in [0.3, 0.4) is 0 Å². The predicted molar refractivity (Wildman–Crippen MR) is 93.2 cm³/mol. The van der Waals surface area contributed by atoms with E-state index in [-0.39, 0.29) is 24.3 Å². The summed E-state index contributed by atoms with van der Waals surface area (Å²) < 4.78 is 0. The minimum atomic E-state index is -1.06. The number of carbonyl (C=O) groups excluding carboxylic acids is 2. The molecule has 1 heterocycles. The molecule has 1 aliphatic rings. The molecule has 1 saturated heterocycles. The van der Waals surface area contributed by atoms with Gasteiger partial charge in [-0.05, 0) is 29.7 Å². The number of aliphatic carboxylic acids is 1. The highest BCUT2D eigenvalue weighted by Gasteiger charge is 2.28. The lowest BCUT2D eigenvalue weighted by Crippen LogP contribution is -2.43. The maximum absolute atomic E-state index is 12.9. The molecule has 0 radical (unpaired) electrons. The summed E-state index contributed by atoms with van der Waals surface area (Å²) in [7, 11) is 0. The van der Waals surface area contributed by atoms with E-state index < -0.39 is 5.97 Å². The molecule has 1 aliphatic heterocycles. The number of amides is 2. The molecular formula is C19H20N2O4. The van der Waals surface area contributed by atoms with E-state index >= 15 is 0 Å². The third-order valence-electron chi connectivity index (χ3n) is 4.59. The Morgan fingerprint density at radius 2 is 1.72 bits per heavy atom. The lowest BCUT2D eigenvalue weighted by Gasteiger charge is -2.31. The second kappa shape index (κ2) is 7.34. The molecule has 2 N–H and O–H groups in total. The van der Waals surface area contributed by atoms with Crippen molar-refractivity contribution in [2.24, 2.45) is 5.92 Å². The Morgan fingerprint density at radius 1 is 1.04 bits per heavy atom. The molecule has 1 fully saturated rings. The molecule has 0 atom stereocenters. The Hall–Kier alpha value is -2.89. The van der Waals surface area contributed by atoms with Crippen molar-refractivity contribution in [3.8, 4) is 0 Å². The van der Waals surface area contributed by atoms with Crippen LogP contribution in [0.25, 0.3) is 10.8 Å². The first-order valence-corrected chi connectivity index (χ1v) is 8.33. The Morgan fingerprint density at radius 3 is 2.44 bits per heavy atom. The molecule has 0 aliphatic carbocycles. The average molecular weight is 340 g/mol. The fourth-order valence-corrected chi connectivity index (χ4v) is 3.23. The first kappa shape index (κ1) is 17.0. The summed E-state index contributed by atoms with van der Waals surface area (Å²) in [5, 5.41) is 13.0. The van der Waals surface area contributed by atoms with Crippen LogP contribution in [0, 0.1) is 5.92 Å². The standard InChI is InChI=1S/C19H20N2O4/c22-17(23)12-20-18(24)14-8-10-21(11-9-14)19(25)16-7-3-5-13-4-1-2-6-15(13)16/h1-7,14H,8-12H2,(H,20,24)(H,22,23). The van der Waals surface area contributed by atoms with Crippen LogP contribution in [-0.2, 0) is 9.59 Å². The van der Waals surface area contributed by atoms with Crippen molar-refractivity contribution >= 4 is 28.6 Å². The van der Waals surface area contributed by atoms with Crippen molar-refractivity contribution < 1.29 is 19.5 Å². The van der Waals surface area contributed by atoms with Crippen LogP contribution >= 0.6 is 0 Å². The van der Waals surface area contributed by atoms with Crippen LogP contribution in [0.1, 0.15) is 23.2 Å². The molecule has 130 valence electrons. The third-order valence-corrected chi connectivity index (χ3v) is 4.59. The number of hydrogen-bond donors (Lipinski definition) is 2. The summed E-state index contributed by atoms with van der Waals surface area (Å²) in [5.74, 6) is -1.58. The van der Waals surface area contributed by atoms with Crippen molar-refractivity contribution in [1.82, 2.24) is 10.2 Å². The van der Waals surface area contributed by atoms with Crippen LogP contribution in [0.15, 0.2) is 42.5 Å². The van der Waals surface area contributed by atoms with Crippen molar-refractivity contribution in [2.75, 3.05) is 19.6 Å². The van der Waals surface area contributed by atoms with Crippen molar-refractivity contribution in [3.05, 3.63) is 48.0 Å². The Balaban J connectivity index is 1.65. The molecule has 0 saturated carbocycles. The molecule has 25 heavy (non-hydrogen) atoms. The van der Waals surface area contributed by atoms with Crippen molar-refractivity contribution in [1.29, 1.82) is 0 Å². The van der Waals surface area contributed by atoms with Crippen LogP contribution in [0.4, 0.5) is 0 Å². The molecular weight excluding hydrogens is 320 g/mol. The van der Waals surface area contributed by atoms with Gasteiger partial charge in [0.1, 0.15) is 6.54 Å². The molecule has 2 aromatic carbocycles. The zero-order valence-electron chi connectivity index (χ0n) is 13.8. The number of carboxylic acids is 1. The van der Waals surface area contributed by atoms with E-state index in [1.807, 2.05) is 42.5 Å². The van der Waals surface area contributed by atoms with E-state index in [1.165, 1.54) is 0 Å². The summed E-state index contributed by atoms with van der Waals surface area (Å²) in [4.78, 5) is 37.1. The number of likely N-dealkylation sites (tertiary alicyclic amines) is 1. The quantitative estimate of drug-likeness (QED) is 0.890. The highest BCUT2D eigenvalue weighted by Crippen LogP contribution is 2.23. The fraction of sp³-hybridized carbons (Fsp3) is 0.316. The van der Waals surface area contributed by atoms with Gasteiger partial charge in [-0.1, -0.05) is 36.4 Å². The van der Waals surface area contributed by atoms with Gasteiger partial charge in [-0.15, -0.1) is 0 Å². The van der Waals surface area contributed by atoms with Crippen LogP contribution in [-0.4, -0.2) is 47.4 Å². The smallest absolute Gasteiger partial charge is 0.322 e. The SMILES string of the molecule is O=C(O)CNC(=O)C1CCN(C(=O)c2cccc3ccccc23)CC1. The van der Waals surface area contributed by atoms with Crippen LogP contribution < -0.4 is 5.32 Å². The van der Waals surface area contributed by atoms with Crippen LogP contribution in [0.5, 0.6) is 0 Å². The van der Waals surface area contributed by atoms with Gasteiger partial charge in [0.2, 0.25) is 5.91 Å². The molecule has 2 amide bonds. The van der Waals surface area contributed by atoms with Gasteiger partial charge in [0.25, 0.3) is 5.91 Å². The number of fused-ring (bicyclic) bond motifs is 1. The normalized spacial score (nSPS) is 15.1. The van der Waals surface area contributed by atoms with E-state index in [0.717, 1.165) is 10.8 Å². The Bertz CT molecular complexity index is 805. The fourth-order valence-electron chi connectivity index (χ4n) is 3.23. The highest BCUT2D eigenvalue weighted by atomic mass is 16.4. The second-order valence-corrected chi connectivity index (χ2v) is 6.20. The molecule has 2 aromatic rings. The van der Waals surface area contributed by atoms with E-state index in [9.17, 15) is 14.4 Å². The third kappa shape index (κ3) is 3.79. The summed E-state index contributed by atoms with van der Waals surface area (Å²) in [6.45, 7) is 0.619. The molecule has 0 spiro atoms. The molecule has 0 aromatic heterocycles. The van der Waals surface area contributed by atoms with E-state index in [1.54, 1.807) is 4.90 Å². The first-order valence-electron chi connectivity index (χ1n) is 8.33. The van der Waals surface area contributed by atoms with E-state index in [2.05, 4.69) is 5.32 Å². The monoisotopic (exact) mass is 340 g/mol. The van der Waals surface area contributed by atoms with Crippen molar-refractivity contribution in [2.45, 2.75) is 12.8 Å². The van der Waals surface area contributed by atoms with Gasteiger partial charge in [-0.3, -0.25) is 14.4 Å². The zero-order chi connectivity index (χ0) is 17.8. The van der Waals surface area contributed by atoms with Gasteiger partial charge < -0.3 is 15.3 Å². The summed E-state index contributed by atoms with van der Waals surface area (Å²) in [5.41, 5.74) is 0.673. The Kier molecular flexibility index (Phi) is 4.97. The number of rotatable bonds is 4. The molecule has 0 bridgehead atoms. The van der Waals surface area contributed by atoms with Crippen LogP contribution in [0.2, 0.25) is 0 Å². The first-order chi connectivity index (χ1) is 12.1. The predicted octanol–water partition coefficient (Wildman–Crippen LogP) is 1.89. The number of piperidine rings is 1. The van der Waals surface area contributed by atoms with Gasteiger partial charge >= 0.3 is 5.97 Å². The van der Waals surface area contributed by atoms with E-state index in [4.69, 9.17) is 5.11 Å². The molecule has 6 heteroatoms. The summed E-state index contributed by atoms with van der Waals surface area (Å²) in [6.07, 6.45) is 1.09. The van der Waals surface area contributed by atoms with Gasteiger partial charge in [-0.2, -0.15) is 0 Å². The maximum Gasteiger partial charge on any atom is 0.322 e. The number of benzene rings is 2. The lowest BCUT2D eigenvalue weighted by atomic mass is 9.95. The van der Waals surface area contributed by atoms with Gasteiger partial charge in [-0.25, -0.2) is 0 Å². The van der Waals surface area contributed by atoms with Gasteiger partial charge in [0, 0.05) is 24.6 Å². The van der Waals surface area contributed by atoms with Gasteiger partial charge in [0.15, 0.2) is 0 Å². The molecule has 3 rings (SSSR count). The minimum absolute atomic E-state index is 0.0267. The number of hydrogen-bond acceptors (Lipinski definition) is 3. The maximum atomic E-state index is 12.9. The molecule has 6 nitrogen and oxygen atoms in total. The summed E-state index contributed by atoms with van der Waals surface area (Å²) >= 11 is 0. The number of nitrogens with zero attached hydrogens (tertiary/aromatic N) is 1. The lowest BCUT2D eigenvalue weighted by molar-refractivity contribution is -0.138. The highest BCUT2D eigenvalue weighted by molar-refractivity contribution is 6.07. The second-order valence-electron chi connectivity index (χ2n) is 6.20. The van der Waals surface area contributed by atoms with Crippen molar-refractivity contribution in [3.63, 3.8) is 0 Å². The minimum Gasteiger partial charge on any atom is -0.480 e. The number of nitrogens with one attached hydrogen (secondary N) is 1. The number of carbonyl (C=O) groups is 3.